The first-order chi connectivity index (χ1) is 3.64. The third-order valence-corrected chi connectivity index (χ3v) is 0.383. The largest absolute Gasteiger partial charge is 0.465 e. The van der Waals surface area contributed by atoms with Crippen LogP contribution in [0.5, 0.6) is 0 Å². The van der Waals surface area contributed by atoms with Gasteiger partial charge in [0.1, 0.15) is 0 Å². The van der Waals surface area contributed by atoms with Crippen molar-refractivity contribution in [2.75, 3.05) is 14.1 Å². The molecule has 0 aliphatic heterocycles. The molecule has 0 spiro atoms. The number of carbonyl (C=O) groups is 1. The van der Waals surface area contributed by atoms with Gasteiger partial charge in [0.15, 0.2) is 0 Å². The standard InChI is InChI=1S/C3H7NO2.H4N2/c1-4(2)3(5)6;1-2/h1-2H3,(H,5,6);1-2H2. The second kappa shape index (κ2) is 6.19. The van der Waals surface area contributed by atoms with Gasteiger partial charge in [-0.15, -0.1) is 0 Å². The van der Waals surface area contributed by atoms with E-state index in [1.165, 1.54) is 14.1 Å². The van der Waals surface area contributed by atoms with Gasteiger partial charge in [-0.2, -0.15) is 0 Å². The normalized spacial score (nSPS) is 6.50. The van der Waals surface area contributed by atoms with E-state index in [-0.39, 0.29) is 0 Å². The minimum atomic E-state index is -0.907. The first kappa shape index (κ1) is 10.2. The van der Waals surface area contributed by atoms with Crippen molar-refractivity contribution < 1.29 is 9.90 Å². The zero-order valence-electron chi connectivity index (χ0n) is 4.96. The summed E-state index contributed by atoms with van der Waals surface area (Å²) in [4.78, 5) is 10.7. The SMILES string of the molecule is CN(C)C(=O)O.NN. The van der Waals surface area contributed by atoms with Crippen LogP contribution in [0.3, 0.4) is 0 Å². The summed E-state index contributed by atoms with van der Waals surface area (Å²) in [6, 6.07) is 0. The van der Waals surface area contributed by atoms with Crippen molar-refractivity contribution in [1.29, 1.82) is 0 Å². The molecule has 0 rings (SSSR count). The molecule has 0 aliphatic rings. The highest BCUT2D eigenvalue weighted by Gasteiger charge is 1.91. The number of hydrazine groups is 1. The molecular formula is C3H11N3O2. The first-order valence-corrected chi connectivity index (χ1v) is 1.88. The van der Waals surface area contributed by atoms with E-state index in [4.69, 9.17) is 5.11 Å². The smallest absolute Gasteiger partial charge is 0.406 e. The van der Waals surface area contributed by atoms with Crippen molar-refractivity contribution >= 4 is 6.09 Å². The van der Waals surface area contributed by atoms with Crippen LogP contribution in [0.2, 0.25) is 0 Å². The van der Waals surface area contributed by atoms with E-state index in [0.717, 1.165) is 4.90 Å². The molecule has 0 saturated carbocycles. The molecule has 1 amide bonds. The van der Waals surface area contributed by atoms with E-state index in [0.29, 0.717) is 0 Å². The van der Waals surface area contributed by atoms with Crippen LogP contribution in [0.25, 0.3) is 0 Å². The van der Waals surface area contributed by atoms with Crippen molar-refractivity contribution in [2.24, 2.45) is 11.7 Å². The van der Waals surface area contributed by atoms with Crippen LogP contribution in [0.4, 0.5) is 4.79 Å². The lowest BCUT2D eigenvalue weighted by Crippen LogP contribution is -2.18. The van der Waals surface area contributed by atoms with Gasteiger partial charge in [-0.05, 0) is 0 Å². The van der Waals surface area contributed by atoms with Gasteiger partial charge in [0.25, 0.3) is 0 Å². The lowest BCUT2D eigenvalue weighted by molar-refractivity contribution is 0.165. The maximum Gasteiger partial charge on any atom is 0.406 e. The minimum Gasteiger partial charge on any atom is -0.465 e. The molecule has 0 heterocycles. The van der Waals surface area contributed by atoms with E-state index in [1.54, 1.807) is 0 Å². The highest BCUT2D eigenvalue weighted by molar-refractivity contribution is 5.63. The van der Waals surface area contributed by atoms with Crippen molar-refractivity contribution in [3.8, 4) is 0 Å². The Hall–Kier alpha value is -0.810. The zero-order chi connectivity index (χ0) is 7.15. The summed E-state index contributed by atoms with van der Waals surface area (Å²) >= 11 is 0. The van der Waals surface area contributed by atoms with Crippen LogP contribution in [0.15, 0.2) is 0 Å². The molecule has 0 aromatic heterocycles. The van der Waals surface area contributed by atoms with Gasteiger partial charge < -0.3 is 10.0 Å². The Balaban J connectivity index is 0. The van der Waals surface area contributed by atoms with Gasteiger partial charge in [0.2, 0.25) is 0 Å². The molecule has 0 fully saturated rings. The molecule has 0 radical (unpaired) electrons. The molecule has 8 heavy (non-hydrogen) atoms. The quantitative estimate of drug-likeness (QED) is 0.284. The molecule has 0 unspecified atom stereocenters. The molecule has 0 atom stereocenters. The third kappa shape index (κ3) is 8.95. The van der Waals surface area contributed by atoms with Crippen LogP contribution < -0.4 is 11.7 Å². The van der Waals surface area contributed by atoms with E-state index < -0.39 is 6.09 Å². The Bertz CT molecular complexity index is 63.5. The summed E-state index contributed by atoms with van der Waals surface area (Å²) in [5.74, 6) is 8.00. The van der Waals surface area contributed by atoms with E-state index >= 15 is 0 Å². The van der Waals surface area contributed by atoms with Crippen molar-refractivity contribution in [3.63, 3.8) is 0 Å². The summed E-state index contributed by atoms with van der Waals surface area (Å²) in [6.07, 6.45) is -0.907. The van der Waals surface area contributed by atoms with E-state index in [9.17, 15) is 4.79 Å². The van der Waals surface area contributed by atoms with Gasteiger partial charge in [0.05, 0.1) is 0 Å². The van der Waals surface area contributed by atoms with Crippen LogP contribution >= 0.6 is 0 Å². The van der Waals surface area contributed by atoms with Gasteiger partial charge in [-0.3, -0.25) is 11.7 Å². The highest BCUT2D eigenvalue weighted by atomic mass is 16.4. The molecule has 5 N–H and O–H groups in total. The van der Waals surface area contributed by atoms with Crippen LogP contribution in [0.1, 0.15) is 0 Å². The predicted octanol–water partition coefficient (Wildman–Crippen LogP) is -0.955. The second-order valence-corrected chi connectivity index (χ2v) is 1.18. The molecule has 0 aromatic carbocycles. The Labute approximate surface area is 47.8 Å². The molecule has 0 bridgehead atoms. The zero-order valence-corrected chi connectivity index (χ0v) is 4.96. The molecular weight excluding hydrogens is 110 g/mol. The Morgan fingerprint density at radius 1 is 1.50 bits per heavy atom. The number of nitrogens with zero attached hydrogens (tertiary/aromatic N) is 1. The number of rotatable bonds is 0. The first-order valence-electron chi connectivity index (χ1n) is 1.88. The summed E-state index contributed by atoms with van der Waals surface area (Å²) in [6.45, 7) is 0. The molecule has 0 aliphatic carbocycles. The molecule has 50 valence electrons. The number of hydrogen-bond donors (Lipinski definition) is 3. The fraction of sp³-hybridized carbons (Fsp3) is 0.667. The van der Waals surface area contributed by atoms with Gasteiger partial charge in [-0.25, -0.2) is 4.79 Å². The maximum atomic E-state index is 9.62. The number of hydrogen-bond acceptors (Lipinski definition) is 3. The van der Waals surface area contributed by atoms with Crippen molar-refractivity contribution in [3.05, 3.63) is 0 Å². The highest BCUT2D eigenvalue weighted by Crippen LogP contribution is 1.69. The van der Waals surface area contributed by atoms with Crippen molar-refractivity contribution in [2.45, 2.75) is 0 Å². The molecule has 0 aromatic rings. The van der Waals surface area contributed by atoms with Crippen LogP contribution in [-0.2, 0) is 0 Å². The molecule has 5 heteroatoms. The lowest BCUT2D eigenvalue weighted by Gasteiger charge is -1.99. The lowest BCUT2D eigenvalue weighted by atomic mass is 10.9. The van der Waals surface area contributed by atoms with Gasteiger partial charge in [0, 0.05) is 14.1 Å². The predicted molar refractivity (Wildman–Crippen MR) is 30.1 cm³/mol. The Morgan fingerprint density at radius 3 is 1.62 bits per heavy atom. The second-order valence-electron chi connectivity index (χ2n) is 1.18. The monoisotopic (exact) mass is 121 g/mol. The summed E-state index contributed by atoms with van der Waals surface area (Å²) < 4.78 is 0. The van der Waals surface area contributed by atoms with Gasteiger partial charge >= 0.3 is 6.09 Å². The van der Waals surface area contributed by atoms with E-state index in [1.807, 2.05) is 0 Å². The minimum absolute atomic E-state index is 0.907. The van der Waals surface area contributed by atoms with Crippen molar-refractivity contribution in [1.82, 2.24) is 4.90 Å². The topological polar surface area (TPSA) is 92.6 Å². The molecule has 5 nitrogen and oxygen atoms in total. The summed E-state index contributed by atoms with van der Waals surface area (Å²) in [7, 11) is 2.95. The maximum absolute atomic E-state index is 9.62. The average Bonchev–Trinajstić information content (AvgIpc) is 1.72. The third-order valence-electron chi connectivity index (χ3n) is 0.383. The molecule has 0 saturated heterocycles. The van der Waals surface area contributed by atoms with Crippen LogP contribution in [-0.4, -0.2) is 30.2 Å². The fourth-order valence-electron chi connectivity index (χ4n) is 0. The van der Waals surface area contributed by atoms with Gasteiger partial charge in [-0.1, -0.05) is 0 Å². The van der Waals surface area contributed by atoms with E-state index in [2.05, 4.69) is 11.7 Å². The van der Waals surface area contributed by atoms with Crippen LogP contribution in [0, 0.1) is 0 Å². The number of nitrogens with two attached hydrogens (primary N) is 2. The summed E-state index contributed by atoms with van der Waals surface area (Å²) in [5.41, 5.74) is 0. The number of amides is 1. The number of carboxylic acid groups (broad SMARTS) is 1. The fourth-order valence-corrected chi connectivity index (χ4v) is 0. The average molecular weight is 121 g/mol. The Morgan fingerprint density at radius 2 is 1.62 bits per heavy atom. The Kier molecular flexibility index (Phi) is 7.91. The summed E-state index contributed by atoms with van der Waals surface area (Å²) in [5, 5.41) is 7.92.